The molecule has 1 fully saturated rings. The number of piperazine rings is 1. The number of nitrogens with zero attached hydrogens (tertiary/aromatic N) is 1. The molecule has 1 aliphatic heterocycles. The van der Waals surface area contributed by atoms with Crippen LogP contribution in [0, 0.1) is 5.41 Å². The normalized spacial score (nSPS) is 20.9. The van der Waals surface area contributed by atoms with Crippen molar-refractivity contribution in [3.8, 4) is 0 Å². The van der Waals surface area contributed by atoms with Gasteiger partial charge in [-0.15, -0.1) is 0 Å². The van der Waals surface area contributed by atoms with Crippen molar-refractivity contribution in [2.24, 2.45) is 5.73 Å². The molecule has 4 N–H and O–H groups in total. The third-order valence-electron chi connectivity index (χ3n) is 1.64. The summed E-state index contributed by atoms with van der Waals surface area (Å²) in [5.41, 5.74) is 5.53. The van der Waals surface area contributed by atoms with E-state index in [-0.39, 0.29) is 11.7 Å². The van der Waals surface area contributed by atoms with Crippen molar-refractivity contribution in [2.45, 2.75) is 0 Å². The third-order valence-corrected chi connectivity index (χ3v) is 1.64. The molecule has 1 saturated heterocycles. The molecule has 1 aliphatic rings. The van der Waals surface area contributed by atoms with E-state index < -0.39 is 0 Å². The number of carbonyl (C=O) groups is 1. The number of nitrogens with two attached hydrogens (primary N) is 1. The van der Waals surface area contributed by atoms with Crippen molar-refractivity contribution in [3.63, 3.8) is 0 Å². The van der Waals surface area contributed by atoms with E-state index in [1.54, 1.807) is 11.9 Å². The van der Waals surface area contributed by atoms with Gasteiger partial charge in [-0.2, -0.15) is 0 Å². The number of rotatable bonds is 1. The van der Waals surface area contributed by atoms with Crippen LogP contribution in [-0.2, 0) is 4.79 Å². The number of nitrogens with one attached hydrogen (secondary N) is 2. The quantitative estimate of drug-likeness (QED) is 0.263. The summed E-state index contributed by atoms with van der Waals surface area (Å²) in [5, 5.41) is 9.86. The number of likely N-dealkylation sites (N-methyl/N-ethyl adjacent to an activating group) is 1. The van der Waals surface area contributed by atoms with Crippen LogP contribution in [-0.4, -0.2) is 36.8 Å². The number of amidine groups is 1. The first-order valence-corrected chi connectivity index (χ1v) is 3.66. The second-order valence-electron chi connectivity index (χ2n) is 2.67. The molecular formula is C7H12N4O. The maximum atomic E-state index is 11.3. The van der Waals surface area contributed by atoms with Crippen LogP contribution in [0.2, 0.25) is 0 Å². The molecule has 0 bridgehead atoms. The van der Waals surface area contributed by atoms with E-state index in [1.165, 1.54) is 6.08 Å². The minimum Gasteiger partial charge on any atom is -0.384 e. The van der Waals surface area contributed by atoms with Gasteiger partial charge in [0.05, 0.1) is 0 Å². The third kappa shape index (κ3) is 1.75. The van der Waals surface area contributed by atoms with E-state index in [2.05, 4.69) is 5.32 Å². The zero-order valence-electron chi connectivity index (χ0n) is 6.92. The van der Waals surface area contributed by atoms with Crippen molar-refractivity contribution in [1.29, 1.82) is 5.41 Å². The van der Waals surface area contributed by atoms with Crippen LogP contribution in [0.25, 0.3) is 0 Å². The highest BCUT2D eigenvalue weighted by atomic mass is 16.2. The van der Waals surface area contributed by atoms with Crippen LogP contribution in [0.3, 0.4) is 0 Å². The number of hydrogen-bond donors (Lipinski definition) is 3. The van der Waals surface area contributed by atoms with Crippen molar-refractivity contribution in [2.75, 3.05) is 20.1 Å². The van der Waals surface area contributed by atoms with E-state index in [4.69, 9.17) is 11.1 Å². The van der Waals surface area contributed by atoms with Gasteiger partial charge in [0.25, 0.3) is 5.91 Å². The first-order chi connectivity index (χ1) is 5.61. The van der Waals surface area contributed by atoms with Crippen molar-refractivity contribution in [1.82, 2.24) is 10.2 Å². The second kappa shape index (κ2) is 3.25. The molecule has 0 spiro atoms. The van der Waals surface area contributed by atoms with Gasteiger partial charge in [-0.05, 0) is 0 Å². The molecule has 12 heavy (non-hydrogen) atoms. The molecule has 0 aromatic carbocycles. The highest BCUT2D eigenvalue weighted by Gasteiger charge is 2.18. The molecular weight excluding hydrogens is 156 g/mol. The summed E-state index contributed by atoms with van der Waals surface area (Å²) in [7, 11) is 1.72. The Morgan fingerprint density at radius 1 is 1.83 bits per heavy atom. The zero-order chi connectivity index (χ0) is 9.14. The smallest absolute Gasteiger partial charge is 0.269 e. The molecule has 5 nitrogen and oxygen atoms in total. The van der Waals surface area contributed by atoms with Gasteiger partial charge in [-0.25, -0.2) is 0 Å². The molecule has 0 aliphatic carbocycles. The predicted octanol–water partition coefficient (Wildman–Crippen LogP) is -1.13. The molecule has 1 amide bonds. The van der Waals surface area contributed by atoms with Gasteiger partial charge in [0.1, 0.15) is 11.5 Å². The van der Waals surface area contributed by atoms with E-state index in [0.717, 1.165) is 0 Å². The lowest BCUT2D eigenvalue weighted by Gasteiger charge is -2.25. The molecule has 0 radical (unpaired) electrons. The number of hydrogen-bond acceptors (Lipinski definition) is 3. The summed E-state index contributed by atoms with van der Waals surface area (Å²) >= 11 is 0. The second-order valence-corrected chi connectivity index (χ2v) is 2.67. The maximum absolute atomic E-state index is 11.3. The highest BCUT2D eigenvalue weighted by Crippen LogP contribution is 2.00. The van der Waals surface area contributed by atoms with E-state index in [1.807, 2.05) is 0 Å². The molecule has 0 unspecified atom stereocenters. The van der Waals surface area contributed by atoms with Crippen LogP contribution >= 0.6 is 0 Å². The van der Waals surface area contributed by atoms with Crippen molar-refractivity contribution >= 4 is 11.7 Å². The summed E-state index contributed by atoms with van der Waals surface area (Å²) in [5.74, 6) is -0.224. The fraction of sp³-hybridized carbons (Fsp3) is 0.429. The van der Waals surface area contributed by atoms with E-state index in [9.17, 15) is 4.79 Å². The Morgan fingerprint density at radius 2 is 2.50 bits per heavy atom. The fourth-order valence-electron chi connectivity index (χ4n) is 1.01. The van der Waals surface area contributed by atoms with Gasteiger partial charge >= 0.3 is 0 Å². The molecule has 66 valence electrons. The average molecular weight is 168 g/mol. The Morgan fingerprint density at radius 3 is 3.08 bits per heavy atom. The Hall–Kier alpha value is -1.52. The minimum atomic E-state index is -0.114. The van der Waals surface area contributed by atoms with E-state index in [0.29, 0.717) is 18.8 Å². The van der Waals surface area contributed by atoms with Crippen LogP contribution in [0.1, 0.15) is 0 Å². The number of carbonyl (C=O) groups excluding carboxylic acids is 1. The minimum absolute atomic E-state index is 0.110. The molecule has 0 aromatic rings. The molecule has 0 aromatic heterocycles. The average Bonchev–Trinajstić information content (AvgIpc) is 1.98. The Kier molecular flexibility index (Phi) is 2.32. The summed E-state index contributed by atoms with van der Waals surface area (Å²) in [6, 6.07) is 0. The van der Waals surface area contributed by atoms with Crippen LogP contribution in [0.15, 0.2) is 11.8 Å². The topological polar surface area (TPSA) is 82.2 Å². The van der Waals surface area contributed by atoms with Gasteiger partial charge < -0.3 is 16.0 Å². The first-order valence-electron chi connectivity index (χ1n) is 3.66. The lowest BCUT2D eigenvalue weighted by Crippen LogP contribution is -2.44. The van der Waals surface area contributed by atoms with Gasteiger partial charge in [0.15, 0.2) is 0 Å². The van der Waals surface area contributed by atoms with Gasteiger partial charge in [-0.3, -0.25) is 10.2 Å². The van der Waals surface area contributed by atoms with Crippen LogP contribution in [0.4, 0.5) is 0 Å². The summed E-state index contributed by atoms with van der Waals surface area (Å²) < 4.78 is 0. The van der Waals surface area contributed by atoms with Crippen molar-refractivity contribution < 1.29 is 4.79 Å². The molecule has 1 rings (SSSR count). The lowest BCUT2D eigenvalue weighted by atomic mass is 10.2. The monoisotopic (exact) mass is 168 g/mol. The Labute approximate surface area is 70.7 Å². The fourth-order valence-corrected chi connectivity index (χ4v) is 1.01. The van der Waals surface area contributed by atoms with Gasteiger partial charge in [-0.1, -0.05) is 0 Å². The summed E-state index contributed by atoms with van der Waals surface area (Å²) in [6.45, 7) is 1.40. The van der Waals surface area contributed by atoms with Crippen LogP contribution < -0.4 is 11.1 Å². The molecule has 1 heterocycles. The van der Waals surface area contributed by atoms with Crippen molar-refractivity contribution in [3.05, 3.63) is 11.8 Å². The molecule has 0 saturated carbocycles. The standard InChI is InChI=1S/C7H12N4O/c1-11-3-2-10-5(7(11)12)4-6(8)9/h4,10H,2-3H2,1H3,(H3,8,9)/b5-4-. The lowest BCUT2D eigenvalue weighted by molar-refractivity contribution is -0.127. The maximum Gasteiger partial charge on any atom is 0.269 e. The highest BCUT2D eigenvalue weighted by molar-refractivity contribution is 6.01. The Balaban J connectivity index is 2.77. The Bertz CT molecular complexity index is 246. The zero-order valence-corrected chi connectivity index (χ0v) is 6.92. The first kappa shape index (κ1) is 8.58. The van der Waals surface area contributed by atoms with E-state index >= 15 is 0 Å². The van der Waals surface area contributed by atoms with Gasteiger partial charge in [0, 0.05) is 26.2 Å². The summed E-state index contributed by atoms with van der Waals surface area (Å²) in [6.07, 6.45) is 1.33. The largest absolute Gasteiger partial charge is 0.384 e. The predicted molar refractivity (Wildman–Crippen MR) is 45.6 cm³/mol. The number of amides is 1. The van der Waals surface area contributed by atoms with Gasteiger partial charge in [0.2, 0.25) is 0 Å². The van der Waals surface area contributed by atoms with Crippen LogP contribution in [0.5, 0.6) is 0 Å². The molecule has 0 atom stereocenters. The molecule has 5 heteroatoms. The SMILES string of the molecule is CN1CCN/C(=C\C(=N)N)C1=O. The summed E-state index contributed by atoms with van der Waals surface area (Å²) in [4.78, 5) is 12.9.